The number of anilines is 1. The van der Waals surface area contributed by atoms with E-state index in [9.17, 15) is 23.4 Å². The van der Waals surface area contributed by atoms with E-state index in [1.807, 2.05) is 0 Å². The van der Waals surface area contributed by atoms with Crippen LogP contribution in [0.1, 0.15) is 12.6 Å². The van der Waals surface area contributed by atoms with Crippen LogP contribution in [0.4, 0.5) is 5.95 Å². The summed E-state index contributed by atoms with van der Waals surface area (Å²) in [6.45, 7) is -0.719. The van der Waals surface area contributed by atoms with Crippen LogP contribution in [-0.4, -0.2) is 57.9 Å². The number of phosphoric acid groups is 3. The Bertz CT molecular complexity index is 1190. The highest BCUT2D eigenvalue weighted by atomic mass is 31.3. The Balaban J connectivity index is 1.70. The Morgan fingerprint density at radius 3 is 2.53 bits per heavy atom. The molecular formula is C10H17N6O13P3. The molecule has 5 atom stereocenters. The lowest BCUT2D eigenvalue weighted by atomic mass is 10.2. The number of nitrogens with one attached hydrogen (secondary N) is 1. The number of imidazole rings is 1. The van der Waals surface area contributed by atoms with Crippen molar-refractivity contribution in [1.29, 1.82) is 0 Å². The SMILES string of the molecule is NOC1C[C@@H](COP(=O)(O)OP(=O)(O)OP(=O)(O)O)O[C@H]1n1cnc2c(=O)[nH]c(N)nc21. The van der Waals surface area contributed by atoms with Crippen molar-refractivity contribution in [2.24, 2.45) is 5.90 Å². The Kier molecular flexibility index (Phi) is 7.05. The van der Waals surface area contributed by atoms with E-state index in [1.165, 1.54) is 10.9 Å². The fraction of sp³-hybridized carbons (Fsp3) is 0.500. The molecule has 0 aliphatic carbocycles. The van der Waals surface area contributed by atoms with Gasteiger partial charge in [-0.25, -0.2) is 24.6 Å². The lowest BCUT2D eigenvalue weighted by molar-refractivity contribution is -0.0692. The second kappa shape index (κ2) is 9.00. The third kappa shape index (κ3) is 6.06. The summed E-state index contributed by atoms with van der Waals surface area (Å²) in [5, 5.41) is 0. The van der Waals surface area contributed by atoms with Gasteiger partial charge in [-0.15, -0.1) is 0 Å². The smallest absolute Gasteiger partial charge is 0.369 e. The maximum Gasteiger partial charge on any atom is 0.490 e. The van der Waals surface area contributed by atoms with Gasteiger partial charge in [0.25, 0.3) is 5.56 Å². The molecule has 0 spiro atoms. The lowest BCUT2D eigenvalue weighted by Gasteiger charge is -2.19. The van der Waals surface area contributed by atoms with Gasteiger partial charge in [0.15, 0.2) is 17.4 Å². The number of aromatic nitrogens is 4. The zero-order chi connectivity index (χ0) is 23.9. The minimum Gasteiger partial charge on any atom is -0.369 e. The Labute approximate surface area is 176 Å². The van der Waals surface area contributed by atoms with Crippen LogP contribution in [0.25, 0.3) is 11.2 Å². The average molecular weight is 522 g/mol. The van der Waals surface area contributed by atoms with E-state index in [-0.39, 0.29) is 23.5 Å². The summed E-state index contributed by atoms with van der Waals surface area (Å²) in [7, 11) is -16.5. The van der Waals surface area contributed by atoms with Crippen molar-refractivity contribution in [3.05, 3.63) is 16.7 Å². The van der Waals surface area contributed by atoms with Crippen molar-refractivity contribution >= 4 is 40.6 Å². The molecule has 0 aromatic carbocycles. The van der Waals surface area contributed by atoms with E-state index in [1.54, 1.807) is 0 Å². The van der Waals surface area contributed by atoms with Gasteiger partial charge in [0.1, 0.15) is 6.10 Å². The highest BCUT2D eigenvalue weighted by Crippen LogP contribution is 2.66. The Morgan fingerprint density at radius 2 is 1.91 bits per heavy atom. The topological polar surface area (TPSA) is 294 Å². The Morgan fingerprint density at radius 1 is 1.22 bits per heavy atom. The maximum atomic E-state index is 11.9. The van der Waals surface area contributed by atoms with Gasteiger partial charge in [0.2, 0.25) is 5.95 Å². The van der Waals surface area contributed by atoms with E-state index >= 15 is 0 Å². The third-order valence-corrected chi connectivity index (χ3v) is 7.69. The number of rotatable bonds is 9. The van der Waals surface area contributed by atoms with E-state index in [0.717, 1.165) is 0 Å². The second-order valence-corrected chi connectivity index (χ2v) is 10.6. The first-order chi connectivity index (χ1) is 14.7. The molecule has 0 radical (unpaired) electrons. The lowest BCUT2D eigenvalue weighted by Crippen LogP contribution is -2.25. The van der Waals surface area contributed by atoms with Crippen LogP contribution in [0, 0.1) is 0 Å². The van der Waals surface area contributed by atoms with Crippen LogP contribution in [0.15, 0.2) is 11.1 Å². The first kappa shape index (κ1) is 25.1. The van der Waals surface area contributed by atoms with Crippen molar-refractivity contribution in [2.75, 3.05) is 12.3 Å². The van der Waals surface area contributed by atoms with Gasteiger partial charge in [-0.05, 0) is 0 Å². The van der Waals surface area contributed by atoms with Crippen molar-refractivity contribution in [1.82, 2.24) is 19.5 Å². The standard InChI is InChI=1S/C10H17N6O13P3/c11-10-14-7-6(8(17)15-10)13-3-16(7)9-5(27-12)1-4(26-9)2-25-31(21,22)29-32(23,24)28-30(18,19)20/h3-5,9H,1-2,12H2,(H,21,22)(H,23,24)(H2,18,19,20)(H3,11,14,15,17)/t4-,5?,9+/m0/s1. The predicted octanol–water partition coefficient (Wildman–Crippen LogP) is -1.41. The molecule has 0 amide bonds. The molecule has 1 aliphatic rings. The molecule has 1 saturated heterocycles. The van der Waals surface area contributed by atoms with E-state index in [2.05, 4.69) is 28.1 Å². The third-order valence-electron chi connectivity index (χ3n) is 3.88. The molecule has 19 nitrogen and oxygen atoms in total. The summed E-state index contributed by atoms with van der Waals surface area (Å²) < 4.78 is 52.5. The molecule has 2 aromatic heterocycles. The first-order valence-corrected chi connectivity index (χ1v) is 12.7. The molecule has 1 fully saturated rings. The summed E-state index contributed by atoms with van der Waals surface area (Å²) in [5.41, 5.74) is 4.89. The van der Waals surface area contributed by atoms with Crippen molar-refractivity contribution in [3.63, 3.8) is 0 Å². The number of aromatic amines is 1. The first-order valence-electron chi connectivity index (χ1n) is 8.21. The number of H-pyrrole nitrogens is 1. The summed E-state index contributed by atoms with van der Waals surface area (Å²) in [4.78, 5) is 62.6. The van der Waals surface area contributed by atoms with Gasteiger partial charge >= 0.3 is 23.5 Å². The number of fused-ring (bicyclic) bond motifs is 1. The molecule has 0 saturated carbocycles. The minimum atomic E-state index is -5.66. The van der Waals surface area contributed by atoms with E-state index in [0.29, 0.717) is 0 Å². The van der Waals surface area contributed by atoms with Gasteiger partial charge in [-0.1, -0.05) is 0 Å². The molecule has 32 heavy (non-hydrogen) atoms. The highest BCUT2D eigenvalue weighted by molar-refractivity contribution is 7.66. The Hall–Kier alpha value is -1.56. The minimum absolute atomic E-state index is 0.0325. The maximum absolute atomic E-state index is 11.9. The molecular weight excluding hydrogens is 505 g/mol. The number of nitrogens with zero attached hydrogens (tertiary/aromatic N) is 3. The van der Waals surface area contributed by atoms with Crippen LogP contribution in [0.5, 0.6) is 0 Å². The van der Waals surface area contributed by atoms with E-state index < -0.39 is 54.1 Å². The van der Waals surface area contributed by atoms with Crippen LogP contribution < -0.4 is 17.2 Å². The van der Waals surface area contributed by atoms with Gasteiger partial charge in [-0.2, -0.15) is 13.6 Å². The molecule has 3 unspecified atom stereocenters. The second-order valence-electron chi connectivity index (χ2n) is 6.22. The van der Waals surface area contributed by atoms with Gasteiger partial charge < -0.3 is 30.0 Å². The molecule has 9 N–H and O–H groups in total. The van der Waals surface area contributed by atoms with Crippen molar-refractivity contribution < 1.29 is 56.0 Å². The summed E-state index contributed by atoms with van der Waals surface area (Å²) >= 11 is 0. The number of nitrogen functional groups attached to an aromatic ring is 1. The monoisotopic (exact) mass is 522 g/mol. The molecule has 22 heteroatoms. The quantitative estimate of drug-likeness (QED) is 0.147. The molecule has 3 rings (SSSR count). The number of phosphoric ester groups is 1. The molecule has 2 aromatic rings. The van der Waals surface area contributed by atoms with Crippen molar-refractivity contribution in [3.8, 4) is 0 Å². The number of hydrogen-bond donors (Lipinski definition) is 7. The van der Waals surface area contributed by atoms with Gasteiger partial charge in [0.05, 0.1) is 19.0 Å². The zero-order valence-electron chi connectivity index (χ0n) is 15.5. The zero-order valence-corrected chi connectivity index (χ0v) is 18.2. The van der Waals surface area contributed by atoms with E-state index in [4.69, 9.17) is 35.9 Å². The van der Waals surface area contributed by atoms with Gasteiger partial charge in [-0.3, -0.25) is 23.7 Å². The fourth-order valence-electron chi connectivity index (χ4n) is 2.80. The average Bonchev–Trinajstić information content (AvgIpc) is 3.20. The van der Waals surface area contributed by atoms with Crippen molar-refractivity contribution in [2.45, 2.75) is 24.9 Å². The number of ether oxygens (including phenoxy) is 1. The summed E-state index contributed by atoms with van der Waals surface area (Å²) in [5.74, 6) is 5.07. The molecule has 180 valence electrons. The molecule has 3 heterocycles. The largest absolute Gasteiger partial charge is 0.490 e. The summed E-state index contributed by atoms with van der Waals surface area (Å²) in [6.07, 6.45) is -1.75. The molecule has 0 bridgehead atoms. The summed E-state index contributed by atoms with van der Waals surface area (Å²) in [6, 6.07) is 0. The van der Waals surface area contributed by atoms with Gasteiger partial charge in [0, 0.05) is 6.42 Å². The van der Waals surface area contributed by atoms with Crippen LogP contribution in [0.2, 0.25) is 0 Å². The highest BCUT2D eigenvalue weighted by Gasteiger charge is 2.43. The number of hydrogen-bond acceptors (Lipinski definition) is 13. The number of nitrogens with two attached hydrogens (primary N) is 2. The van der Waals surface area contributed by atoms with Crippen LogP contribution >= 0.6 is 23.5 Å². The molecule has 1 aliphatic heterocycles. The van der Waals surface area contributed by atoms with Crippen LogP contribution in [-0.2, 0) is 36.4 Å². The normalized spacial score (nSPS) is 25.6. The van der Waals surface area contributed by atoms with Crippen LogP contribution in [0.3, 0.4) is 0 Å². The fourth-order valence-corrected chi connectivity index (χ4v) is 5.85. The predicted molar refractivity (Wildman–Crippen MR) is 100.0 cm³/mol.